The number of thiazole rings is 1. The number of hydrogen-bond acceptors (Lipinski definition) is 3. The monoisotopic (exact) mass is 238 g/mol. The number of aromatic nitrogens is 1. The fourth-order valence-electron chi connectivity index (χ4n) is 2.97. The molecule has 1 fully saturated rings. The molecule has 0 saturated heterocycles. The number of rotatable bonds is 4. The number of aryl methyl sites for hydroxylation is 1. The fraction of sp³-hybridized carbons (Fsp3) is 0.769. The van der Waals surface area contributed by atoms with Crippen LogP contribution in [0.1, 0.15) is 36.9 Å². The van der Waals surface area contributed by atoms with E-state index < -0.39 is 0 Å². The number of nitrogens with one attached hydrogen (secondary N) is 1. The highest BCUT2D eigenvalue weighted by Crippen LogP contribution is 2.34. The van der Waals surface area contributed by atoms with Crippen LogP contribution in [0, 0.1) is 18.8 Å². The minimum absolute atomic E-state index is 0.610. The largest absolute Gasteiger partial charge is 0.316 e. The van der Waals surface area contributed by atoms with Crippen molar-refractivity contribution >= 4 is 11.3 Å². The third kappa shape index (κ3) is 2.64. The third-order valence-corrected chi connectivity index (χ3v) is 4.73. The van der Waals surface area contributed by atoms with Gasteiger partial charge in [-0.15, -0.1) is 11.3 Å². The van der Waals surface area contributed by atoms with Gasteiger partial charge in [0.15, 0.2) is 0 Å². The van der Waals surface area contributed by atoms with Crippen molar-refractivity contribution in [3.63, 3.8) is 0 Å². The summed E-state index contributed by atoms with van der Waals surface area (Å²) in [6, 6.07) is 0.610. The number of likely N-dealkylation sites (N-methyl/N-ethyl adjacent to an activating group) is 1. The summed E-state index contributed by atoms with van der Waals surface area (Å²) in [5, 5.41) is 6.89. The van der Waals surface area contributed by atoms with E-state index in [1.807, 2.05) is 0 Å². The second kappa shape index (κ2) is 5.28. The molecule has 0 radical (unpaired) electrons. The summed E-state index contributed by atoms with van der Waals surface area (Å²) in [5.74, 6) is 1.71. The molecule has 0 aliphatic heterocycles. The van der Waals surface area contributed by atoms with Crippen LogP contribution in [0.5, 0.6) is 0 Å². The predicted octanol–water partition coefficient (Wildman–Crippen LogP) is 3.02. The lowest BCUT2D eigenvalue weighted by atomic mass is 9.88. The van der Waals surface area contributed by atoms with Crippen LogP contribution in [0.4, 0.5) is 0 Å². The predicted molar refractivity (Wildman–Crippen MR) is 69.9 cm³/mol. The molecule has 0 amide bonds. The van der Waals surface area contributed by atoms with Gasteiger partial charge in [-0.25, -0.2) is 4.98 Å². The molecular formula is C13H22N2S. The van der Waals surface area contributed by atoms with Gasteiger partial charge in [-0.3, -0.25) is 0 Å². The van der Waals surface area contributed by atoms with Crippen LogP contribution in [0.2, 0.25) is 0 Å². The van der Waals surface area contributed by atoms with Crippen molar-refractivity contribution in [2.75, 3.05) is 7.05 Å². The molecule has 3 atom stereocenters. The molecule has 3 heteroatoms. The minimum Gasteiger partial charge on any atom is -0.316 e. The van der Waals surface area contributed by atoms with Gasteiger partial charge in [-0.2, -0.15) is 0 Å². The molecule has 0 aromatic carbocycles. The maximum Gasteiger partial charge on any atom is 0.0897 e. The van der Waals surface area contributed by atoms with E-state index in [4.69, 9.17) is 0 Å². The molecule has 1 aliphatic rings. The average Bonchev–Trinajstić information content (AvgIpc) is 2.84. The van der Waals surface area contributed by atoms with Crippen LogP contribution in [-0.4, -0.2) is 18.1 Å². The van der Waals surface area contributed by atoms with Crippen molar-refractivity contribution in [2.24, 2.45) is 11.8 Å². The van der Waals surface area contributed by atoms with Gasteiger partial charge in [0.2, 0.25) is 0 Å². The average molecular weight is 238 g/mol. The molecule has 0 spiro atoms. The fourth-order valence-corrected chi connectivity index (χ4v) is 3.59. The topological polar surface area (TPSA) is 24.9 Å². The van der Waals surface area contributed by atoms with E-state index in [1.165, 1.54) is 30.0 Å². The molecule has 2 nitrogen and oxygen atoms in total. The molecule has 2 rings (SSSR count). The first-order valence-corrected chi connectivity index (χ1v) is 7.17. The Morgan fingerprint density at radius 3 is 2.88 bits per heavy atom. The zero-order valence-corrected chi connectivity index (χ0v) is 11.3. The molecule has 1 aromatic heterocycles. The molecule has 16 heavy (non-hydrogen) atoms. The summed E-state index contributed by atoms with van der Waals surface area (Å²) in [5.41, 5.74) is 1.26. The van der Waals surface area contributed by atoms with E-state index >= 15 is 0 Å². The summed E-state index contributed by atoms with van der Waals surface area (Å²) in [6.07, 6.45) is 5.28. The Hall–Kier alpha value is -0.410. The van der Waals surface area contributed by atoms with Crippen LogP contribution >= 0.6 is 11.3 Å². The summed E-state index contributed by atoms with van der Waals surface area (Å²) >= 11 is 1.76. The second-order valence-corrected chi connectivity index (χ2v) is 6.09. The van der Waals surface area contributed by atoms with E-state index in [9.17, 15) is 0 Å². The highest BCUT2D eigenvalue weighted by atomic mass is 32.1. The highest BCUT2D eigenvalue weighted by molar-refractivity contribution is 7.09. The van der Waals surface area contributed by atoms with E-state index in [2.05, 4.69) is 36.6 Å². The van der Waals surface area contributed by atoms with Crippen LogP contribution in [0.25, 0.3) is 0 Å². The van der Waals surface area contributed by atoms with E-state index in [0.717, 1.165) is 18.3 Å². The van der Waals surface area contributed by atoms with Gasteiger partial charge in [-0.05, 0) is 32.2 Å². The first-order valence-electron chi connectivity index (χ1n) is 6.29. The van der Waals surface area contributed by atoms with E-state index in [-0.39, 0.29) is 0 Å². The van der Waals surface area contributed by atoms with Gasteiger partial charge in [0.05, 0.1) is 10.7 Å². The van der Waals surface area contributed by atoms with Crippen molar-refractivity contribution in [3.8, 4) is 0 Å². The molecular weight excluding hydrogens is 216 g/mol. The van der Waals surface area contributed by atoms with Gasteiger partial charge in [0.1, 0.15) is 0 Å². The summed E-state index contributed by atoms with van der Waals surface area (Å²) in [7, 11) is 2.09. The lowest BCUT2D eigenvalue weighted by Crippen LogP contribution is -2.36. The second-order valence-electron chi connectivity index (χ2n) is 5.03. The SMILES string of the molecule is CNC(Cc1csc(C)n1)C1CCCC1C. The van der Waals surface area contributed by atoms with Gasteiger partial charge < -0.3 is 5.32 Å². The van der Waals surface area contributed by atoms with Crippen molar-refractivity contribution in [1.82, 2.24) is 10.3 Å². The zero-order chi connectivity index (χ0) is 11.5. The van der Waals surface area contributed by atoms with Crippen LogP contribution < -0.4 is 5.32 Å². The van der Waals surface area contributed by atoms with Gasteiger partial charge in [-0.1, -0.05) is 19.8 Å². The van der Waals surface area contributed by atoms with Gasteiger partial charge in [0.25, 0.3) is 0 Å². The molecule has 1 saturated carbocycles. The van der Waals surface area contributed by atoms with E-state index in [0.29, 0.717) is 6.04 Å². The lowest BCUT2D eigenvalue weighted by molar-refractivity contribution is 0.307. The smallest absolute Gasteiger partial charge is 0.0897 e. The minimum atomic E-state index is 0.610. The zero-order valence-electron chi connectivity index (χ0n) is 10.5. The van der Waals surface area contributed by atoms with E-state index in [1.54, 1.807) is 11.3 Å². The van der Waals surface area contributed by atoms with Crippen LogP contribution in [0.3, 0.4) is 0 Å². The van der Waals surface area contributed by atoms with Crippen molar-refractivity contribution < 1.29 is 0 Å². The molecule has 1 aromatic rings. The van der Waals surface area contributed by atoms with Crippen LogP contribution in [-0.2, 0) is 6.42 Å². The molecule has 90 valence electrons. The Morgan fingerprint density at radius 1 is 1.56 bits per heavy atom. The van der Waals surface area contributed by atoms with Crippen LogP contribution in [0.15, 0.2) is 5.38 Å². The number of hydrogen-bond donors (Lipinski definition) is 1. The molecule has 3 unspecified atom stereocenters. The third-order valence-electron chi connectivity index (χ3n) is 3.91. The summed E-state index contributed by atoms with van der Waals surface area (Å²) in [6.45, 7) is 4.48. The summed E-state index contributed by atoms with van der Waals surface area (Å²) < 4.78 is 0. The normalized spacial score (nSPS) is 27.2. The van der Waals surface area contributed by atoms with Gasteiger partial charge in [0, 0.05) is 17.8 Å². The molecule has 1 N–H and O–H groups in total. The summed E-state index contributed by atoms with van der Waals surface area (Å²) in [4.78, 5) is 4.57. The van der Waals surface area contributed by atoms with Crippen molar-refractivity contribution in [1.29, 1.82) is 0 Å². The van der Waals surface area contributed by atoms with Crippen molar-refractivity contribution in [2.45, 2.75) is 45.6 Å². The quantitative estimate of drug-likeness (QED) is 0.872. The standard InChI is InChI=1S/C13H22N2S/c1-9-5-4-6-12(9)13(14-3)7-11-8-16-10(2)15-11/h8-9,12-14H,4-7H2,1-3H3. The maximum absolute atomic E-state index is 4.57. The molecule has 1 aliphatic carbocycles. The van der Waals surface area contributed by atoms with Crippen molar-refractivity contribution in [3.05, 3.63) is 16.1 Å². The first kappa shape index (κ1) is 12.1. The Balaban J connectivity index is 2.00. The van der Waals surface area contributed by atoms with Gasteiger partial charge >= 0.3 is 0 Å². The Morgan fingerprint density at radius 2 is 2.38 bits per heavy atom. The molecule has 1 heterocycles. The lowest BCUT2D eigenvalue weighted by Gasteiger charge is -2.26. The highest BCUT2D eigenvalue weighted by Gasteiger charge is 2.30. The number of nitrogens with zero attached hydrogens (tertiary/aromatic N) is 1. The Kier molecular flexibility index (Phi) is 3.98. The Labute approximate surface area is 102 Å². The maximum atomic E-state index is 4.57. The molecule has 0 bridgehead atoms. The first-order chi connectivity index (χ1) is 7.70. The Bertz CT molecular complexity index is 334.